The number of aliphatic hydroxyl groups is 5. The number of aliphatic carboxylic acids is 1. The maximum absolute atomic E-state index is 12.3. The van der Waals surface area contributed by atoms with Gasteiger partial charge in [0.1, 0.15) is 78.2 Å². The summed E-state index contributed by atoms with van der Waals surface area (Å²) in [4.78, 5) is 24.0. The average Bonchev–Trinajstić information content (AvgIpc) is 3.80. The predicted molar refractivity (Wildman–Crippen MR) is 183 cm³/mol. The number of hydrogen-bond acceptors (Lipinski definition) is 16. The van der Waals surface area contributed by atoms with E-state index >= 15 is 0 Å². The molecule has 0 aliphatic carbocycles. The second-order valence-electron chi connectivity index (χ2n) is 12.2. The highest BCUT2D eigenvalue weighted by atomic mass is 16.7. The zero-order chi connectivity index (χ0) is 37.2. The van der Waals surface area contributed by atoms with E-state index < -0.39 is 60.6 Å². The molecule has 2 aromatic carbocycles. The second kappa shape index (κ2) is 15.1. The number of benzene rings is 2. The summed E-state index contributed by atoms with van der Waals surface area (Å²) in [5.74, 6) is -2.89. The van der Waals surface area contributed by atoms with Crippen LogP contribution in [0, 0.1) is 5.41 Å². The Kier molecular flexibility index (Phi) is 10.6. The van der Waals surface area contributed by atoms with E-state index in [-0.39, 0.29) is 59.9 Å². The Hall–Kier alpha value is -5.37. The smallest absolute Gasteiger partial charge is 0.336 e. The lowest BCUT2D eigenvalue weighted by Crippen LogP contribution is -2.69. The number of fused-ring (bicyclic) bond motifs is 1. The maximum Gasteiger partial charge on any atom is 0.336 e. The molecule has 0 spiro atoms. The topological polar surface area (TPSA) is 278 Å². The maximum atomic E-state index is 12.3. The summed E-state index contributed by atoms with van der Waals surface area (Å²) in [6.07, 6.45) is -4.94. The highest BCUT2D eigenvalue weighted by Crippen LogP contribution is 2.51. The number of aliphatic hydroxyl groups excluding tert-OH is 4. The quantitative estimate of drug-likeness (QED) is 0.118. The second-order valence-corrected chi connectivity index (χ2v) is 12.2. The molecule has 0 aromatic heterocycles. The molecule has 18 heteroatoms. The van der Waals surface area contributed by atoms with Crippen LogP contribution in [0.4, 0.5) is 0 Å². The minimum Gasteiger partial charge on any atom is -0.507 e. The van der Waals surface area contributed by atoms with Gasteiger partial charge in [0.25, 0.3) is 0 Å². The number of amidine groups is 1. The normalized spacial score (nSPS) is 26.9. The van der Waals surface area contributed by atoms with E-state index in [4.69, 9.17) is 29.1 Å². The fourth-order valence-electron chi connectivity index (χ4n) is 5.93. The number of aromatic hydroxyl groups is 1. The number of carboxylic acids is 1. The van der Waals surface area contributed by atoms with Gasteiger partial charge in [-0.25, -0.2) is 14.8 Å². The number of carbonyl (C=O) groups is 1. The molecule has 1 fully saturated rings. The molecule has 4 heterocycles. The van der Waals surface area contributed by atoms with Gasteiger partial charge >= 0.3 is 5.97 Å². The molecule has 7 atom stereocenters. The lowest BCUT2D eigenvalue weighted by molar-refractivity contribution is -0.303. The van der Waals surface area contributed by atoms with Gasteiger partial charge in [0.15, 0.2) is 17.6 Å². The molecule has 0 bridgehead atoms. The Labute approximate surface area is 295 Å². The van der Waals surface area contributed by atoms with Gasteiger partial charge in [-0.1, -0.05) is 12.1 Å². The first-order chi connectivity index (χ1) is 24.9. The van der Waals surface area contributed by atoms with E-state index in [2.05, 4.69) is 20.3 Å². The van der Waals surface area contributed by atoms with Crippen LogP contribution < -0.4 is 24.3 Å². The Morgan fingerprint density at radius 2 is 1.94 bits per heavy atom. The predicted octanol–water partition coefficient (Wildman–Crippen LogP) is 0.265. The van der Waals surface area contributed by atoms with E-state index in [1.807, 2.05) is 0 Å². The van der Waals surface area contributed by atoms with Crippen LogP contribution in [0.5, 0.6) is 28.7 Å². The Balaban J connectivity index is 1.24. The number of aliphatic imine (C=N–C) groups is 3. The first-order valence-corrected chi connectivity index (χ1v) is 16.1. The summed E-state index contributed by atoms with van der Waals surface area (Å²) < 4.78 is 28.9. The number of carboxylic acid groups (broad SMARTS) is 1. The number of nitrogens with zero attached hydrogens (tertiary/aromatic N) is 3. The molecule has 0 radical (unpaired) electrons. The van der Waals surface area contributed by atoms with Crippen molar-refractivity contribution in [3.63, 3.8) is 0 Å². The minimum atomic E-state index is -2.51. The number of likely N-dealkylation sites (N-methyl/N-ethyl adjacent to an activating group) is 1. The monoisotopic (exact) mass is 723 g/mol. The van der Waals surface area contributed by atoms with Crippen molar-refractivity contribution < 1.29 is 64.2 Å². The molecule has 1 unspecified atom stereocenters. The first kappa shape index (κ1) is 36.4. The standard InChI is InChI=1S/C34H37N5O13/c1-36-8-9-48-29-24(51-33-28(43)30(44)34(47,31(52-33)32(45)46)12-17-13-37-15-38-17)11-23-26(27(29)42)20(40)10-22(50-23)16-2-4-18(5-3-16)49-14-21(41)19-6-7-25(35)39-19/h2-7,10-11,15,21-22,28,30-31,33,35-36,40-44,47H,8-9,12-14H2,1H3,(H,45,46)/t21-,22?,28+,30-,31+,33+,34-/m0/s1. The van der Waals surface area contributed by atoms with E-state index in [1.165, 1.54) is 30.6 Å². The van der Waals surface area contributed by atoms with Gasteiger partial charge in [0, 0.05) is 30.8 Å². The van der Waals surface area contributed by atoms with Gasteiger partial charge in [0.2, 0.25) is 12.0 Å². The van der Waals surface area contributed by atoms with Gasteiger partial charge < -0.3 is 64.7 Å². The van der Waals surface area contributed by atoms with Crippen molar-refractivity contribution in [2.75, 3.05) is 33.4 Å². The lowest BCUT2D eigenvalue weighted by atomic mass is 9.80. The fourth-order valence-corrected chi connectivity index (χ4v) is 5.93. The molecule has 18 nitrogen and oxygen atoms in total. The molecule has 276 valence electrons. The third-order valence-electron chi connectivity index (χ3n) is 8.61. The largest absolute Gasteiger partial charge is 0.507 e. The van der Waals surface area contributed by atoms with Crippen molar-refractivity contribution >= 4 is 35.3 Å². The van der Waals surface area contributed by atoms with Gasteiger partial charge in [-0.05, 0) is 36.9 Å². The molecule has 0 saturated carbocycles. The van der Waals surface area contributed by atoms with E-state index in [0.29, 0.717) is 23.6 Å². The molecule has 2 aromatic rings. The minimum absolute atomic E-state index is 0.00841. The van der Waals surface area contributed by atoms with E-state index in [1.54, 1.807) is 31.3 Å². The van der Waals surface area contributed by atoms with Crippen LogP contribution in [0.25, 0.3) is 5.76 Å². The van der Waals surface area contributed by atoms with Crippen molar-refractivity contribution in [2.45, 2.75) is 48.8 Å². The Morgan fingerprint density at radius 1 is 1.17 bits per heavy atom. The summed E-state index contributed by atoms with van der Waals surface area (Å²) in [5, 5.41) is 86.4. The summed E-state index contributed by atoms with van der Waals surface area (Å²) >= 11 is 0. The fraction of sp³-hybridized carbons (Fsp3) is 0.382. The highest BCUT2D eigenvalue weighted by molar-refractivity contribution is 6.15. The summed E-state index contributed by atoms with van der Waals surface area (Å²) in [5.41, 5.74) is -1.53. The zero-order valence-electron chi connectivity index (χ0n) is 27.6. The Bertz CT molecular complexity index is 1860. The molecule has 9 N–H and O–H groups in total. The molecule has 0 amide bonds. The number of phenolic OH excluding ortho intramolecular Hbond substituents is 1. The van der Waals surface area contributed by atoms with Crippen LogP contribution in [-0.4, -0.2) is 135 Å². The molecule has 4 aliphatic heterocycles. The average molecular weight is 724 g/mol. The van der Waals surface area contributed by atoms with Crippen molar-refractivity contribution in [1.82, 2.24) is 5.32 Å². The number of nitrogens with one attached hydrogen (secondary N) is 2. The molecular formula is C34H37N5O13. The molecule has 1 saturated heterocycles. The van der Waals surface area contributed by atoms with Crippen molar-refractivity contribution in [3.05, 3.63) is 59.7 Å². The van der Waals surface area contributed by atoms with Crippen LogP contribution in [-0.2, 0) is 9.53 Å². The lowest BCUT2D eigenvalue weighted by Gasteiger charge is -2.46. The number of rotatable bonds is 14. The Morgan fingerprint density at radius 3 is 2.60 bits per heavy atom. The van der Waals surface area contributed by atoms with Gasteiger partial charge in [-0.3, -0.25) is 10.4 Å². The molecule has 4 aliphatic rings. The van der Waals surface area contributed by atoms with Crippen LogP contribution >= 0.6 is 0 Å². The van der Waals surface area contributed by atoms with Crippen LogP contribution in [0.15, 0.2) is 63.5 Å². The summed E-state index contributed by atoms with van der Waals surface area (Å²) in [7, 11) is 1.67. The molecular weight excluding hydrogens is 686 g/mol. The van der Waals surface area contributed by atoms with Gasteiger partial charge in [0.05, 0.1) is 12.3 Å². The number of phenols is 1. The summed E-state index contributed by atoms with van der Waals surface area (Å²) in [6.45, 7) is 0.253. The SMILES string of the molecule is CNCCOc1c(O[C@@H]2O[C@H](C(=O)O)[C@](O)(CC3=NC=NC3)[C@@H](O)[C@H]2O)cc2c(c1O)C(O)=CC(c1ccc(OC[C@H](O)C3=NC(=N)C=C3)cc1)O2. The molecule has 6 rings (SSSR count). The van der Waals surface area contributed by atoms with Crippen molar-refractivity contribution in [2.24, 2.45) is 15.0 Å². The molecule has 52 heavy (non-hydrogen) atoms. The van der Waals surface area contributed by atoms with Gasteiger partial charge in [-0.15, -0.1) is 0 Å². The summed E-state index contributed by atoms with van der Waals surface area (Å²) in [6, 6.07) is 7.78. The van der Waals surface area contributed by atoms with E-state index in [0.717, 1.165) is 0 Å². The zero-order valence-corrected chi connectivity index (χ0v) is 27.6. The number of hydrogen-bond donors (Lipinski definition) is 9. The third-order valence-corrected chi connectivity index (χ3v) is 8.61. The van der Waals surface area contributed by atoms with Crippen LogP contribution in [0.3, 0.4) is 0 Å². The van der Waals surface area contributed by atoms with Crippen molar-refractivity contribution in [3.8, 4) is 28.7 Å². The van der Waals surface area contributed by atoms with Crippen molar-refractivity contribution in [1.29, 1.82) is 5.41 Å². The van der Waals surface area contributed by atoms with Gasteiger partial charge in [-0.2, -0.15) is 0 Å². The van der Waals surface area contributed by atoms with Crippen LogP contribution in [0.1, 0.15) is 23.7 Å². The number of ether oxygens (including phenoxy) is 5. The van der Waals surface area contributed by atoms with E-state index in [9.17, 15) is 40.5 Å². The van der Waals surface area contributed by atoms with Crippen LogP contribution in [0.2, 0.25) is 0 Å². The highest BCUT2D eigenvalue weighted by Gasteiger charge is 2.59. The third kappa shape index (κ3) is 7.33. The first-order valence-electron chi connectivity index (χ1n) is 16.1.